The summed E-state index contributed by atoms with van der Waals surface area (Å²) in [6.07, 6.45) is 1.95. The number of thiophene rings is 2. The van der Waals surface area contributed by atoms with Gasteiger partial charge in [0.1, 0.15) is 29.0 Å². The van der Waals surface area contributed by atoms with Crippen molar-refractivity contribution in [2.24, 2.45) is 0 Å². The van der Waals surface area contributed by atoms with Gasteiger partial charge in [-0.15, -0.1) is 22.7 Å². The Morgan fingerprint density at radius 2 is 0.877 bits per heavy atom. The standard InChI is InChI=1S/C12H13N.C11H11ClS.C10H13ClO.C10H13FO.2C9H10ClF.C7H9ClS/c1-9(2)12-7-10-5-3-4-6-11(10)8-13-12;1-7(2)11-10(12)8-5-3-4-6-9(8)13-11;2*1-7(2)9-5-4-8(11)6-10(9)12-3;2*1-6(2)8-4-3-7(10)5-9(8)11;1-5(2)7-6(8)3-4-9-7/h3-9H,1-2H3;3-7H,1-2H3;2*4-7H,1-3H3;2*3-6H,1-2H3;3-5H,1-2H3. The summed E-state index contributed by atoms with van der Waals surface area (Å²) in [7, 11) is 3.22. The maximum absolute atomic E-state index is 13.0. The second kappa shape index (κ2) is 35.4. The zero-order valence-electron chi connectivity index (χ0n) is 49.5. The largest absolute Gasteiger partial charge is 0.496 e. The third-order valence-electron chi connectivity index (χ3n) is 12.3. The molecule has 0 aliphatic rings. The lowest BCUT2D eigenvalue weighted by Gasteiger charge is -2.11. The van der Waals surface area contributed by atoms with Crippen molar-refractivity contribution in [3.05, 3.63) is 225 Å². The van der Waals surface area contributed by atoms with Crippen molar-refractivity contribution in [1.29, 1.82) is 0 Å². The van der Waals surface area contributed by atoms with E-state index in [2.05, 4.69) is 117 Å². The Labute approximate surface area is 514 Å². The first-order valence-corrected chi connectivity index (χ1v) is 30.6. The number of pyridine rings is 1. The van der Waals surface area contributed by atoms with Crippen LogP contribution in [0.3, 0.4) is 0 Å². The first-order valence-electron chi connectivity index (χ1n) is 27.0. The van der Waals surface area contributed by atoms with Gasteiger partial charge in [0.05, 0.1) is 24.3 Å². The third kappa shape index (κ3) is 23.1. The van der Waals surface area contributed by atoms with Crippen molar-refractivity contribution < 1.29 is 22.6 Å². The highest BCUT2D eigenvalue weighted by molar-refractivity contribution is 7.19. The lowest BCUT2D eigenvalue weighted by Crippen LogP contribution is -1.94. The molecule has 0 amide bonds. The molecule has 81 heavy (non-hydrogen) atoms. The highest BCUT2D eigenvalue weighted by atomic mass is 35.5. The summed E-state index contributed by atoms with van der Waals surface area (Å²) in [6, 6.07) is 40.6. The van der Waals surface area contributed by atoms with Crippen LogP contribution in [0.5, 0.6) is 11.5 Å². The molecule has 0 bridgehead atoms. The van der Waals surface area contributed by atoms with Gasteiger partial charge in [0.15, 0.2) is 0 Å². The second-order valence-electron chi connectivity index (χ2n) is 21.1. The van der Waals surface area contributed by atoms with Gasteiger partial charge in [0.25, 0.3) is 0 Å². The minimum absolute atomic E-state index is 0.215. The minimum Gasteiger partial charge on any atom is -0.496 e. The van der Waals surface area contributed by atoms with Gasteiger partial charge in [-0.05, 0) is 135 Å². The van der Waals surface area contributed by atoms with E-state index in [1.54, 1.807) is 67.2 Å². The molecule has 436 valence electrons. The molecular weight excluding hydrogens is 1160 g/mol. The molecule has 0 saturated carbocycles. The molecule has 0 spiro atoms. The van der Waals surface area contributed by atoms with Gasteiger partial charge in [0.2, 0.25) is 0 Å². The fourth-order valence-corrected chi connectivity index (χ4v) is 11.2. The Balaban J connectivity index is 0.000000249. The van der Waals surface area contributed by atoms with Crippen LogP contribution in [-0.2, 0) is 0 Å². The average Bonchev–Trinajstić information content (AvgIpc) is 4.02. The molecule has 0 radical (unpaired) electrons. The van der Waals surface area contributed by atoms with Crippen molar-refractivity contribution in [2.45, 2.75) is 138 Å². The number of rotatable bonds is 9. The summed E-state index contributed by atoms with van der Waals surface area (Å²) < 4.78 is 50.3. The topological polar surface area (TPSA) is 31.4 Å². The van der Waals surface area contributed by atoms with Gasteiger partial charge in [-0.1, -0.05) is 222 Å². The fraction of sp³-hybridized carbons (Fsp3) is 0.338. The van der Waals surface area contributed by atoms with Crippen LogP contribution in [0.15, 0.2) is 145 Å². The van der Waals surface area contributed by atoms with E-state index in [1.807, 2.05) is 75.7 Å². The van der Waals surface area contributed by atoms with Gasteiger partial charge in [0, 0.05) is 58.3 Å². The number of halogens is 8. The van der Waals surface area contributed by atoms with Crippen molar-refractivity contribution >= 4 is 102 Å². The molecule has 3 nitrogen and oxygen atoms in total. The number of aromatic nitrogens is 1. The quantitative estimate of drug-likeness (QED) is 0.144. The van der Waals surface area contributed by atoms with Crippen LogP contribution in [0.1, 0.15) is 176 Å². The number of ether oxygens (including phenoxy) is 2. The van der Waals surface area contributed by atoms with E-state index in [0.29, 0.717) is 45.4 Å². The monoisotopic (exact) mass is 1240 g/mol. The van der Waals surface area contributed by atoms with E-state index in [-0.39, 0.29) is 29.3 Å². The summed E-state index contributed by atoms with van der Waals surface area (Å²) in [6.45, 7) is 29.1. The summed E-state index contributed by atoms with van der Waals surface area (Å²) in [4.78, 5) is 6.99. The molecule has 9 aromatic rings. The van der Waals surface area contributed by atoms with E-state index in [9.17, 15) is 13.2 Å². The smallest absolute Gasteiger partial charge is 0.128 e. The molecule has 0 aliphatic heterocycles. The average molecular weight is 1240 g/mol. The van der Waals surface area contributed by atoms with Crippen molar-refractivity contribution in [3.63, 3.8) is 0 Å². The summed E-state index contributed by atoms with van der Waals surface area (Å²) >= 11 is 32.6. The molecule has 3 heterocycles. The van der Waals surface area contributed by atoms with Crippen LogP contribution in [0.25, 0.3) is 20.9 Å². The number of fused-ring (bicyclic) bond motifs is 2. The lowest BCUT2D eigenvalue weighted by molar-refractivity contribution is 0.404. The van der Waals surface area contributed by atoms with E-state index < -0.39 is 0 Å². The molecule has 9 rings (SSSR count). The molecular formula is C68H79Cl5F3NO2S2. The number of hydrogen-bond donors (Lipinski definition) is 0. The van der Waals surface area contributed by atoms with Crippen LogP contribution in [0, 0.1) is 17.5 Å². The lowest BCUT2D eigenvalue weighted by atomic mass is 10.0. The van der Waals surface area contributed by atoms with Crippen LogP contribution in [0.2, 0.25) is 25.1 Å². The highest BCUT2D eigenvalue weighted by Gasteiger charge is 2.13. The summed E-state index contributed by atoms with van der Waals surface area (Å²) in [5.74, 6) is 3.67. The van der Waals surface area contributed by atoms with Crippen LogP contribution >= 0.6 is 80.7 Å². The number of hydrogen-bond acceptors (Lipinski definition) is 5. The van der Waals surface area contributed by atoms with E-state index in [4.69, 9.17) is 67.5 Å². The molecule has 0 atom stereocenters. The normalized spacial score (nSPS) is 10.8. The predicted octanol–water partition coefficient (Wildman–Crippen LogP) is 25.2. The third-order valence-corrected chi connectivity index (χ3v) is 16.7. The summed E-state index contributed by atoms with van der Waals surface area (Å²) in [5, 5.41) is 9.18. The molecule has 0 fully saturated rings. The van der Waals surface area contributed by atoms with Gasteiger partial charge in [-0.25, -0.2) is 13.2 Å². The van der Waals surface area contributed by atoms with E-state index >= 15 is 0 Å². The Hall–Kier alpha value is -4.77. The molecule has 13 heteroatoms. The van der Waals surface area contributed by atoms with Crippen LogP contribution in [-0.4, -0.2) is 19.2 Å². The van der Waals surface area contributed by atoms with Crippen molar-refractivity contribution in [1.82, 2.24) is 4.98 Å². The first-order chi connectivity index (χ1) is 38.2. The van der Waals surface area contributed by atoms with Crippen LogP contribution in [0.4, 0.5) is 13.2 Å². The van der Waals surface area contributed by atoms with Gasteiger partial charge < -0.3 is 9.47 Å². The van der Waals surface area contributed by atoms with Gasteiger partial charge in [-0.3, -0.25) is 4.98 Å². The first kappa shape index (κ1) is 70.5. The second-order valence-corrected chi connectivity index (χ2v) is 25.2. The Morgan fingerprint density at radius 1 is 0.432 bits per heavy atom. The van der Waals surface area contributed by atoms with E-state index in [0.717, 1.165) is 37.5 Å². The molecule has 3 aromatic heterocycles. The van der Waals surface area contributed by atoms with Crippen molar-refractivity contribution in [3.8, 4) is 11.5 Å². The Bertz CT molecular complexity index is 3200. The van der Waals surface area contributed by atoms with Gasteiger partial charge >= 0.3 is 0 Å². The molecule has 0 unspecified atom stereocenters. The van der Waals surface area contributed by atoms with Crippen LogP contribution < -0.4 is 9.47 Å². The minimum atomic E-state index is -0.253. The molecule has 0 N–H and O–H groups in total. The fourth-order valence-electron chi connectivity index (χ4n) is 7.80. The highest BCUT2D eigenvalue weighted by Crippen LogP contribution is 2.39. The van der Waals surface area contributed by atoms with E-state index in [1.165, 1.54) is 66.1 Å². The maximum Gasteiger partial charge on any atom is 0.128 e. The maximum atomic E-state index is 13.0. The molecule has 6 aromatic carbocycles. The number of nitrogens with zero attached hydrogens (tertiary/aromatic N) is 1. The number of methoxy groups -OCH3 is 2. The zero-order chi connectivity index (χ0) is 60.7. The van der Waals surface area contributed by atoms with Crippen molar-refractivity contribution in [2.75, 3.05) is 14.2 Å². The Morgan fingerprint density at radius 3 is 1.30 bits per heavy atom. The Kier molecular flexibility index (Phi) is 30.8. The summed E-state index contributed by atoms with van der Waals surface area (Å²) in [5.41, 5.74) is 4.84. The van der Waals surface area contributed by atoms with Gasteiger partial charge in [-0.2, -0.15) is 0 Å². The SMILES string of the molecule is CC(C)c1cc2ccccc2cn1.CC(C)c1ccc(Cl)cc1F.CC(C)c1ccc(Cl)cc1F.CC(C)c1sc2ccccc2c1Cl.CC(C)c1sccc1Cl.COc1cc(Cl)ccc1C(C)C.COc1cc(F)ccc1C(C)C. The molecule has 0 saturated heterocycles. The predicted molar refractivity (Wildman–Crippen MR) is 350 cm³/mol. The number of benzene rings is 6. The zero-order valence-corrected chi connectivity index (χ0v) is 54.9. The molecule has 0 aliphatic carbocycles.